The van der Waals surface area contributed by atoms with Crippen LogP contribution in [-0.2, 0) is 9.53 Å². The highest BCUT2D eigenvalue weighted by atomic mass is 16.5. The van der Waals surface area contributed by atoms with E-state index in [1.807, 2.05) is 13.8 Å². The quantitative estimate of drug-likeness (QED) is 0.326. The molecule has 0 N–H and O–H groups in total. The first-order valence-corrected chi connectivity index (χ1v) is 8.32. The van der Waals surface area contributed by atoms with Gasteiger partial charge in [0.15, 0.2) is 0 Å². The van der Waals surface area contributed by atoms with E-state index in [2.05, 4.69) is 6.92 Å². The van der Waals surface area contributed by atoms with E-state index in [4.69, 9.17) is 4.74 Å². The first kappa shape index (κ1) is 18.5. The zero-order chi connectivity index (χ0) is 14.3. The van der Waals surface area contributed by atoms with Crippen molar-refractivity contribution in [3.05, 3.63) is 0 Å². The molecular weight excluding hydrogens is 236 g/mol. The standard InChI is InChI=1S/C17H34O2/c1-4-5-6-7-8-9-10-11-12-13-14-19-17(18)15-16(2)3/h16H,4-15H2,1-3H3. The Balaban J connectivity index is 3.08. The van der Waals surface area contributed by atoms with Gasteiger partial charge in [0.05, 0.1) is 6.61 Å². The Morgan fingerprint density at radius 3 is 1.79 bits per heavy atom. The van der Waals surface area contributed by atoms with Gasteiger partial charge in [0.2, 0.25) is 0 Å². The van der Waals surface area contributed by atoms with Gasteiger partial charge in [-0.2, -0.15) is 0 Å². The lowest BCUT2D eigenvalue weighted by Crippen LogP contribution is -2.08. The van der Waals surface area contributed by atoms with Gasteiger partial charge < -0.3 is 4.74 Å². The van der Waals surface area contributed by atoms with Crippen molar-refractivity contribution in [1.29, 1.82) is 0 Å². The van der Waals surface area contributed by atoms with Crippen LogP contribution in [0.25, 0.3) is 0 Å². The monoisotopic (exact) mass is 270 g/mol. The summed E-state index contributed by atoms with van der Waals surface area (Å²) in [5, 5.41) is 0. The fraction of sp³-hybridized carbons (Fsp3) is 0.941. The van der Waals surface area contributed by atoms with Crippen molar-refractivity contribution in [2.75, 3.05) is 6.61 Å². The Bertz CT molecular complexity index is 199. The first-order chi connectivity index (χ1) is 9.16. The molecule has 0 aromatic heterocycles. The van der Waals surface area contributed by atoms with Gasteiger partial charge in [-0.15, -0.1) is 0 Å². The van der Waals surface area contributed by atoms with Crippen molar-refractivity contribution in [2.45, 2.75) is 91.4 Å². The molecule has 0 unspecified atom stereocenters. The van der Waals surface area contributed by atoms with Gasteiger partial charge in [0.1, 0.15) is 0 Å². The highest BCUT2D eigenvalue weighted by molar-refractivity contribution is 5.69. The van der Waals surface area contributed by atoms with E-state index in [0.717, 1.165) is 6.42 Å². The van der Waals surface area contributed by atoms with Gasteiger partial charge in [-0.1, -0.05) is 78.6 Å². The second-order valence-electron chi connectivity index (χ2n) is 6.00. The minimum Gasteiger partial charge on any atom is -0.466 e. The van der Waals surface area contributed by atoms with Crippen LogP contribution < -0.4 is 0 Å². The van der Waals surface area contributed by atoms with Crippen LogP contribution >= 0.6 is 0 Å². The van der Waals surface area contributed by atoms with E-state index in [-0.39, 0.29) is 5.97 Å². The van der Waals surface area contributed by atoms with Crippen LogP contribution in [0.2, 0.25) is 0 Å². The topological polar surface area (TPSA) is 26.3 Å². The maximum Gasteiger partial charge on any atom is 0.306 e. The van der Waals surface area contributed by atoms with Crippen LogP contribution in [0.1, 0.15) is 91.4 Å². The minimum absolute atomic E-state index is 0.0362. The van der Waals surface area contributed by atoms with E-state index in [1.165, 1.54) is 57.8 Å². The lowest BCUT2D eigenvalue weighted by molar-refractivity contribution is -0.144. The number of unbranched alkanes of at least 4 members (excludes halogenated alkanes) is 9. The molecule has 0 spiro atoms. The van der Waals surface area contributed by atoms with Crippen molar-refractivity contribution < 1.29 is 9.53 Å². The highest BCUT2D eigenvalue weighted by Gasteiger charge is 2.05. The molecule has 0 rings (SSSR count). The Morgan fingerprint density at radius 2 is 1.32 bits per heavy atom. The summed E-state index contributed by atoms with van der Waals surface area (Å²) in [5.74, 6) is 0.367. The van der Waals surface area contributed by atoms with Crippen LogP contribution in [0.15, 0.2) is 0 Å². The molecule has 114 valence electrons. The molecule has 0 fully saturated rings. The van der Waals surface area contributed by atoms with Crippen LogP contribution in [0.4, 0.5) is 0 Å². The Labute approximate surface area is 120 Å². The fourth-order valence-electron chi connectivity index (χ4n) is 2.17. The smallest absolute Gasteiger partial charge is 0.306 e. The van der Waals surface area contributed by atoms with Crippen molar-refractivity contribution in [3.8, 4) is 0 Å². The second kappa shape index (κ2) is 13.9. The summed E-state index contributed by atoms with van der Waals surface area (Å²) in [6.45, 7) is 6.96. The molecule has 2 nitrogen and oxygen atoms in total. The van der Waals surface area contributed by atoms with Crippen molar-refractivity contribution in [3.63, 3.8) is 0 Å². The van der Waals surface area contributed by atoms with E-state index < -0.39 is 0 Å². The van der Waals surface area contributed by atoms with Gasteiger partial charge in [0.25, 0.3) is 0 Å². The third-order valence-corrected chi connectivity index (χ3v) is 3.34. The number of rotatable bonds is 13. The summed E-state index contributed by atoms with van der Waals surface area (Å²) in [4.78, 5) is 11.3. The summed E-state index contributed by atoms with van der Waals surface area (Å²) in [5.41, 5.74) is 0. The van der Waals surface area contributed by atoms with Crippen LogP contribution in [0.3, 0.4) is 0 Å². The number of carbonyl (C=O) groups is 1. The third-order valence-electron chi connectivity index (χ3n) is 3.34. The molecule has 0 radical (unpaired) electrons. The molecule has 0 aliphatic heterocycles. The SMILES string of the molecule is CCCCCCCCCCCCOC(=O)CC(C)C. The van der Waals surface area contributed by atoms with Gasteiger partial charge in [-0.3, -0.25) is 4.79 Å². The predicted molar refractivity (Wildman–Crippen MR) is 82.3 cm³/mol. The predicted octanol–water partition coefficient (Wildman–Crippen LogP) is 5.50. The lowest BCUT2D eigenvalue weighted by Gasteiger charge is -2.06. The molecule has 2 heteroatoms. The van der Waals surface area contributed by atoms with E-state index in [0.29, 0.717) is 18.9 Å². The van der Waals surface area contributed by atoms with E-state index in [1.54, 1.807) is 0 Å². The Morgan fingerprint density at radius 1 is 0.842 bits per heavy atom. The zero-order valence-corrected chi connectivity index (χ0v) is 13.4. The van der Waals surface area contributed by atoms with Gasteiger partial charge in [-0.05, 0) is 12.3 Å². The van der Waals surface area contributed by atoms with Gasteiger partial charge in [0, 0.05) is 6.42 Å². The number of ether oxygens (including phenoxy) is 1. The lowest BCUT2D eigenvalue weighted by atomic mass is 10.1. The highest BCUT2D eigenvalue weighted by Crippen LogP contribution is 2.10. The zero-order valence-electron chi connectivity index (χ0n) is 13.4. The summed E-state index contributed by atoms with van der Waals surface area (Å²) in [7, 11) is 0. The Kier molecular flexibility index (Phi) is 13.5. The maximum absolute atomic E-state index is 11.3. The molecule has 0 aliphatic carbocycles. The third kappa shape index (κ3) is 15.4. The maximum atomic E-state index is 11.3. The number of esters is 1. The van der Waals surface area contributed by atoms with Crippen molar-refractivity contribution in [2.24, 2.45) is 5.92 Å². The molecule has 0 saturated heterocycles. The number of hydrogen-bond donors (Lipinski definition) is 0. The molecule has 0 atom stereocenters. The number of hydrogen-bond acceptors (Lipinski definition) is 2. The van der Waals surface area contributed by atoms with Crippen molar-refractivity contribution >= 4 is 5.97 Å². The van der Waals surface area contributed by atoms with E-state index >= 15 is 0 Å². The molecular formula is C17H34O2. The molecule has 19 heavy (non-hydrogen) atoms. The second-order valence-corrected chi connectivity index (χ2v) is 6.00. The average Bonchev–Trinajstić information content (AvgIpc) is 2.35. The summed E-state index contributed by atoms with van der Waals surface area (Å²) in [6, 6.07) is 0. The van der Waals surface area contributed by atoms with Gasteiger partial charge in [-0.25, -0.2) is 0 Å². The molecule has 0 aromatic carbocycles. The summed E-state index contributed by atoms with van der Waals surface area (Å²) in [6.07, 6.45) is 13.7. The van der Waals surface area contributed by atoms with E-state index in [9.17, 15) is 4.79 Å². The van der Waals surface area contributed by atoms with Gasteiger partial charge >= 0.3 is 5.97 Å². The molecule has 0 bridgehead atoms. The molecule has 0 aromatic rings. The summed E-state index contributed by atoms with van der Waals surface area (Å²) < 4.78 is 5.19. The molecule has 0 aliphatic rings. The first-order valence-electron chi connectivity index (χ1n) is 8.32. The minimum atomic E-state index is -0.0362. The van der Waals surface area contributed by atoms with Crippen LogP contribution in [-0.4, -0.2) is 12.6 Å². The Hall–Kier alpha value is -0.530. The number of carbonyl (C=O) groups excluding carboxylic acids is 1. The molecule has 0 heterocycles. The molecule has 0 amide bonds. The summed E-state index contributed by atoms with van der Waals surface area (Å²) >= 11 is 0. The average molecular weight is 270 g/mol. The normalized spacial score (nSPS) is 10.9. The molecule has 0 saturated carbocycles. The van der Waals surface area contributed by atoms with Crippen LogP contribution in [0, 0.1) is 5.92 Å². The largest absolute Gasteiger partial charge is 0.466 e. The van der Waals surface area contributed by atoms with Crippen LogP contribution in [0.5, 0.6) is 0 Å². The fourth-order valence-corrected chi connectivity index (χ4v) is 2.17. The van der Waals surface area contributed by atoms with Crippen molar-refractivity contribution in [1.82, 2.24) is 0 Å².